The van der Waals surface area contributed by atoms with Crippen LogP contribution < -0.4 is 4.74 Å². The van der Waals surface area contributed by atoms with Crippen LogP contribution in [0.3, 0.4) is 0 Å². The number of aliphatic hydroxyl groups excluding tert-OH is 1. The first-order valence-corrected chi connectivity index (χ1v) is 14.1. The van der Waals surface area contributed by atoms with Crippen LogP contribution in [0.15, 0.2) is 93.9 Å². The van der Waals surface area contributed by atoms with Crippen LogP contribution in [0.25, 0.3) is 0 Å². The van der Waals surface area contributed by atoms with Crippen molar-refractivity contribution in [1.82, 2.24) is 0 Å². The number of benzene rings is 4. The van der Waals surface area contributed by atoms with Crippen molar-refractivity contribution in [1.29, 1.82) is 0 Å². The maximum absolute atomic E-state index is 13.6. The minimum absolute atomic E-state index is 0.194. The fourth-order valence-corrected chi connectivity index (χ4v) is 5.48. The summed E-state index contributed by atoms with van der Waals surface area (Å²) in [7, 11) is 0. The SMILES string of the molecule is Cc1ccccc1C(O)CCc1cc(Br)ccc1F.Cc1ccccc1[C@@H]1CCc2cc(Br)ccc2O1. The minimum Gasteiger partial charge on any atom is -0.485 e. The number of hydrogen-bond acceptors (Lipinski definition) is 2. The number of rotatable bonds is 5. The Balaban J connectivity index is 0.000000173. The Labute approximate surface area is 235 Å². The molecule has 1 N–H and O–H groups in total. The molecule has 1 unspecified atom stereocenters. The van der Waals surface area contributed by atoms with Crippen LogP contribution in [0.1, 0.15) is 58.4 Å². The zero-order valence-corrected chi connectivity index (χ0v) is 24.2. The lowest BCUT2D eigenvalue weighted by Gasteiger charge is -2.27. The molecule has 0 aromatic heterocycles. The lowest BCUT2D eigenvalue weighted by molar-refractivity contribution is 0.167. The van der Waals surface area contributed by atoms with E-state index in [1.165, 1.54) is 22.8 Å². The number of aliphatic hydroxyl groups is 1. The normalized spacial score (nSPS) is 15.1. The van der Waals surface area contributed by atoms with E-state index in [9.17, 15) is 9.50 Å². The largest absolute Gasteiger partial charge is 0.485 e. The van der Waals surface area contributed by atoms with Gasteiger partial charge in [0.25, 0.3) is 0 Å². The van der Waals surface area contributed by atoms with Gasteiger partial charge in [0.1, 0.15) is 17.7 Å². The molecule has 1 aliphatic rings. The summed E-state index contributed by atoms with van der Waals surface area (Å²) in [5.74, 6) is 0.804. The van der Waals surface area contributed by atoms with E-state index in [-0.39, 0.29) is 11.9 Å². The van der Waals surface area contributed by atoms with Crippen molar-refractivity contribution >= 4 is 31.9 Å². The number of hydrogen-bond donors (Lipinski definition) is 1. The van der Waals surface area contributed by atoms with Gasteiger partial charge in [-0.25, -0.2) is 4.39 Å². The predicted molar refractivity (Wildman–Crippen MR) is 156 cm³/mol. The highest BCUT2D eigenvalue weighted by Crippen LogP contribution is 2.37. The van der Waals surface area contributed by atoms with E-state index < -0.39 is 6.10 Å². The van der Waals surface area contributed by atoms with Crippen LogP contribution in [-0.2, 0) is 12.8 Å². The summed E-state index contributed by atoms with van der Waals surface area (Å²) in [6, 6.07) is 27.4. The summed E-state index contributed by atoms with van der Waals surface area (Å²) < 4.78 is 21.7. The third-order valence-electron chi connectivity index (χ3n) is 6.75. The molecule has 2 atom stereocenters. The average Bonchev–Trinajstić information content (AvgIpc) is 2.90. The molecule has 1 aliphatic heterocycles. The average molecular weight is 626 g/mol. The molecule has 0 radical (unpaired) electrons. The first kappa shape index (κ1) is 27.6. The predicted octanol–water partition coefficient (Wildman–Crippen LogP) is 9.39. The number of fused-ring (bicyclic) bond motifs is 1. The van der Waals surface area contributed by atoms with Gasteiger partial charge in [-0.1, -0.05) is 80.4 Å². The minimum atomic E-state index is -0.556. The third kappa shape index (κ3) is 7.31. The summed E-state index contributed by atoms with van der Waals surface area (Å²) in [5, 5.41) is 10.2. The first-order chi connectivity index (χ1) is 17.8. The van der Waals surface area contributed by atoms with Crippen molar-refractivity contribution in [2.24, 2.45) is 0 Å². The maximum Gasteiger partial charge on any atom is 0.126 e. The maximum atomic E-state index is 13.6. The van der Waals surface area contributed by atoms with E-state index in [0.717, 1.165) is 38.7 Å². The summed E-state index contributed by atoms with van der Waals surface area (Å²) in [6.07, 6.45) is 2.79. The van der Waals surface area contributed by atoms with E-state index in [0.29, 0.717) is 18.4 Å². The summed E-state index contributed by atoms with van der Waals surface area (Å²) in [6.45, 7) is 4.12. The van der Waals surface area contributed by atoms with E-state index in [4.69, 9.17) is 4.74 Å². The molecule has 0 spiro atoms. The summed E-state index contributed by atoms with van der Waals surface area (Å²) in [5.41, 5.74) is 6.52. The molecule has 0 amide bonds. The van der Waals surface area contributed by atoms with Crippen molar-refractivity contribution in [2.45, 2.75) is 51.7 Å². The highest BCUT2D eigenvalue weighted by atomic mass is 79.9. The first-order valence-electron chi connectivity index (χ1n) is 12.5. The number of halogens is 3. The lowest BCUT2D eigenvalue weighted by Crippen LogP contribution is -2.16. The second-order valence-electron chi connectivity index (χ2n) is 9.40. The van der Waals surface area contributed by atoms with Crippen molar-refractivity contribution in [3.63, 3.8) is 0 Å². The van der Waals surface area contributed by atoms with Crippen LogP contribution >= 0.6 is 31.9 Å². The molecule has 5 rings (SSSR count). The smallest absolute Gasteiger partial charge is 0.126 e. The molecule has 0 saturated heterocycles. The molecule has 192 valence electrons. The van der Waals surface area contributed by atoms with Gasteiger partial charge in [-0.15, -0.1) is 0 Å². The van der Waals surface area contributed by atoms with Crippen molar-refractivity contribution in [3.05, 3.63) is 133 Å². The molecule has 4 aromatic rings. The molecule has 0 aliphatic carbocycles. The van der Waals surface area contributed by atoms with E-state index >= 15 is 0 Å². The topological polar surface area (TPSA) is 29.5 Å². The van der Waals surface area contributed by atoms with Crippen molar-refractivity contribution in [3.8, 4) is 5.75 Å². The lowest BCUT2D eigenvalue weighted by atomic mass is 9.95. The fraction of sp³-hybridized carbons (Fsp3) is 0.250. The molecule has 0 saturated carbocycles. The van der Waals surface area contributed by atoms with Gasteiger partial charge in [0, 0.05) is 8.95 Å². The standard InChI is InChI=1S/C16H16BrFO.C16H15BrO/c1-11-4-2-3-5-14(11)16(19)9-6-12-10-13(17)7-8-15(12)18;1-11-4-2-3-5-14(11)16-8-6-12-10-13(17)7-9-15(12)18-16/h2-5,7-8,10,16,19H,6,9H2,1H3;2-5,7,9-10,16H,6,8H2,1H3/t;16-/m.0/s1. The molecule has 1 heterocycles. The van der Waals surface area contributed by atoms with Gasteiger partial charge in [-0.3, -0.25) is 0 Å². The van der Waals surface area contributed by atoms with Crippen LogP contribution in [0, 0.1) is 19.7 Å². The third-order valence-corrected chi connectivity index (χ3v) is 7.73. The second-order valence-corrected chi connectivity index (χ2v) is 11.2. The van der Waals surface area contributed by atoms with Gasteiger partial charge in [-0.05, 0) is 109 Å². The van der Waals surface area contributed by atoms with Gasteiger partial charge in [0.05, 0.1) is 6.10 Å². The molecular formula is C32H31Br2FO2. The number of ether oxygens (including phenoxy) is 1. The van der Waals surface area contributed by atoms with Crippen LogP contribution in [0.4, 0.5) is 4.39 Å². The second kappa shape index (κ2) is 12.9. The van der Waals surface area contributed by atoms with Gasteiger partial charge in [-0.2, -0.15) is 0 Å². The van der Waals surface area contributed by atoms with Gasteiger partial charge in [0.15, 0.2) is 0 Å². The summed E-state index contributed by atoms with van der Waals surface area (Å²) >= 11 is 6.84. The molecule has 4 aromatic carbocycles. The Hall–Kier alpha value is -2.47. The Morgan fingerprint density at radius 1 is 0.892 bits per heavy atom. The van der Waals surface area contributed by atoms with Crippen molar-refractivity contribution in [2.75, 3.05) is 0 Å². The molecule has 5 heteroatoms. The molecule has 0 fully saturated rings. The Bertz CT molecular complexity index is 1350. The van der Waals surface area contributed by atoms with Gasteiger partial charge >= 0.3 is 0 Å². The quantitative estimate of drug-likeness (QED) is 0.239. The summed E-state index contributed by atoms with van der Waals surface area (Å²) in [4.78, 5) is 0. The van der Waals surface area contributed by atoms with E-state index in [1.807, 2.05) is 37.3 Å². The molecule has 37 heavy (non-hydrogen) atoms. The fourth-order valence-electron chi connectivity index (χ4n) is 4.67. The monoisotopic (exact) mass is 624 g/mol. The van der Waals surface area contributed by atoms with Gasteiger partial charge < -0.3 is 9.84 Å². The Morgan fingerprint density at radius 2 is 1.57 bits per heavy atom. The number of aryl methyl sites for hydroxylation is 4. The van der Waals surface area contributed by atoms with Crippen LogP contribution in [0.2, 0.25) is 0 Å². The molecular weight excluding hydrogens is 595 g/mol. The van der Waals surface area contributed by atoms with Crippen molar-refractivity contribution < 1.29 is 14.2 Å². The highest BCUT2D eigenvalue weighted by molar-refractivity contribution is 9.10. The Morgan fingerprint density at radius 3 is 2.32 bits per heavy atom. The van der Waals surface area contributed by atoms with Crippen LogP contribution in [-0.4, -0.2) is 5.11 Å². The van der Waals surface area contributed by atoms with E-state index in [1.54, 1.807) is 12.1 Å². The highest BCUT2D eigenvalue weighted by Gasteiger charge is 2.22. The van der Waals surface area contributed by atoms with E-state index in [2.05, 4.69) is 75.2 Å². The van der Waals surface area contributed by atoms with Gasteiger partial charge in [0.2, 0.25) is 0 Å². The van der Waals surface area contributed by atoms with Crippen LogP contribution in [0.5, 0.6) is 5.75 Å². The molecule has 2 nitrogen and oxygen atoms in total. The molecule has 0 bridgehead atoms. The Kier molecular flexibility index (Phi) is 9.58. The zero-order chi connectivity index (χ0) is 26.4. The zero-order valence-electron chi connectivity index (χ0n) is 21.1.